The summed E-state index contributed by atoms with van der Waals surface area (Å²) in [4.78, 5) is 8.93. The molecule has 0 amide bonds. The molecule has 9 nitrogen and oxygen atoms in total. The second-order valence-electron chi connectivity index (χ2n) is 5.89. The SMILES string of the molecule is CCn1cc(Nc2nc(OC3CCCNC3)c3c(Cl)n[nH]c3n2)cn1.Cl. The van der Waals surface area contributed by atoms with Crippen LogP contribution in [0.5, 0.6) is 5.88 Å². The van der Waals surface area contributed by atoms with Crippen LogP contribution in [0, 0.1) is 0 Å². The van der Waals surface area contributed by atoms with Gasteiger partial charge in [0.05, 0.1) is 11.9 Å². The molecule has 3 aromatic heterocycles. The maximum absolute atomic E-state index is 6.18. The van der Waals surface area contributed by atoms with Crippen molar-refractivity contribution in [2.45, 2.75) is 32.4 Å². The summed E-state index contributed by atoms with van der Waals surface area (Å²) in [6.45, 7) is 4.61. The third-order valence-corrected chi connectivity index (χ3v) is 4.36. The summed E-state index contributed by atoms with van der Waals surface area (Å²) < 4.78 is 7.91. The minimum Gasteiger partial charge on any atom is -0.472 e. The number of fused-ring (bicyclic) bond motifs is 1. The summed E-state index contributed by atoms with van der Waals surface area (Å²) in [5, 5.41) is 18.4. The average molecular weight is 399 g/mol. The maximum atomic E-state index is 6.18. The van der Waals surface area contributed by atoms with E-state index < -0.39 is 0 Å². The van der Waals surface area contributed by atoms with E-state index in [4.69, 9.17) is 16.3 Å². The second-order valence-corrected chi connectivity index (χ2v) is 6.24. The van der Waals surface area contributed by atoms with Crippen LogP contribution in [0.4, 0.5) is 11.6 Å². The summed E-state index contributed by atoms with van der Waals surface area (Å²) in [5.74, 6) is 0.838. The quantitative estimate of drug-likeness (QED) is 0.605. The smallest absolute Gasteiger partial charge is 0.232 e. The van der Waals surface area contributed by atoms with Gasteiger partial charge in [0.15, 0.2) is 10.8 Å². The van der Waals surface area contributed by atoms with Gasteiger partial charge in [0.2, 0.25) is 11.8 Å². The number of aryl methyl sites for hydroxylation is 1. The zero-order chi connectivity index (χ0) is 17.2. The summed E-state index contributed by atoms with van der Waals surface area (Å²) in [6, 6.07) is 0. The molecule has 0 radical (unpaired) electrons. The van der Waals surface area contributed by atoms with E-state index in [1.54, 1.807) is 6.20 Å². The van der Waals surface area contributed by atoms with E-state index in [-0.39, 0.29) is 18.5 Å². The highest BCUT2D eigenvalue weighted by Crippen LogP contribution is 2.30. The number of piperidine rings is 1. The number of H-pyrrole nitrogens is 1. The molecule has 0 bridgehead atoms. The fraction of sp³-hybridized carbons (Fsp3) is 0.467. The lowest BCUT2D eigenvalue weighted by Crippen LogP contribution is -2.37. The van der Waals surface area contributed by atoms with E-state index in [0.29, 0.717) is 28.0 Å². The van der Waals surface area contributed by atoms with Crippen LogP contribution in [0.1, 0.15) is 19.8 Å². The lowest BCUT2D eigenvalue weighted by molar-refractivity contribution is 0.163. The zero-order valence-corrected chi connectivity index (χ0v) is 15.8. The summed E-state index contributed by atoms with van der Waals surface area (Å²) in [6.07, 6.45) is 5.70. The average Bonchev–Trinajstić information content (AvgIpc) is 3.23. The molecule has 1 aliphatic rings. The molecule has 3 aromatic rings. The number of hydrogen-bond acceptors (Lipinski definition) is 7. The molecule has 140 valence electrons. The molecule has 1 saturated heterocycles. The molecule has 3 N–H and O–H groups in total. The predicted octanol–water partition coefficient (Wildman–Crippen LogP) is 2.52. The zero-order valence-electron chi connectivity index (χ0n) is 14.2. The van der Waals surface area contributed by atoms with Gasteiger partial charge in [0.25, 0.3) is 0 Å². The van der Waals surface area contributed by atoms with Gasteiger partial charge in [-0.15, -0.1) is 12.4 Å². The standard InChI is InChI=1S/C15H19ClN8O.ClH/c1-2-24-8-9(6-18-24)19-15-20-13-11(12(16)22-23-13)14(21-15)25-10-4-3-5-17-7-10;/h6,8,10,17H,2-5,7H2,1H3,(H2,19,20,21,22,23);1H. The Kier molecular flexibility index (Phi) is 5.80. The lowest BCUT2D eigenvalue weighted by atomic mass is 10.1. The molecule has 4 heterocycles. The molecule has 1 atom stereocenters. The highest BCUT2D eigenvalue weighted by atomic mass is 35.5. The number of halogens is 2. The minimum atomic E-state index is 0. The Bertz CT molecular complexity index is 874. The molecule has 1 fully saturated rings. The molecular weight excluding hydrogens is 379 g/mol. The molecule has 0 spiro atoms. The number of hydrogen-bond donors (Lipinski definition) is 3. The Labute approximate surface area is 161 Å². The molecular formula is C15H20Cl2N8O. The number of ether oxygens (including phenoxy) is 1. The Morgan fingerprint density at radius 2 is 2.31 bits per heavy atom. The van der Waals surface area contributed by atoms with Gasteiger partial charge in [-0.25, -0.2) is 0 Å². The molecule has 1 unspecified atom stereocenters. The number of nitrogens with one attached hydrogen (secondary N) is 3. The van der Waals surface area contributed by atoms with E-state index in [2.05, 4.69) is 35.9 Å². The Hall–Kier alpha value is -2.10. The van der Waals surface area contributed by atoms with Gasteiger partial charge in [-0.3, -0.25) is 9.78 Å². The van der Waals surface area contributed by atoms with Crippen LogP contribution < -0.4 is 15.4 Å². The van der Waals surface area contributed by atoms with Crippen molar-refractivity contribution in [3.8, 4) is 5.88 Å². The third-order valence-electron chi connectivity index (χ3n) is 4.09. The van der Waals surface area contributed by atoms with Crippen LogP contribution in [0.3, 0.4) is 0 Å². The molecule has 0 aliphatic carbocycles. The maximum Gasteiger partial charge on any atom is 0.232 e. The van der Waals surface area contributed by atoms with Crippen molar-refractivity contribution in [3.63, 3.8) is 0 Å². The first-order valence-electron chi connectivity index (χ1n) is 8.31. The van der Waals surface area contributed by atoms with Crippen LogP contribution in [0.25, 0.3) is 11.0 Å². The van der Waals surface area contributed by atoms with Crippen molar-refractivity contribution in [1.82, 2.24) is 35.3 Å². The van der Waals surface area contributed by atoms with Crippen LogP contribution in [0.2, 0.25) is 5.15 Å². The Morgan fingerprint density at radius 1 is 1.42 bits per heavy atom. The van der Waals surface area contributed by atoms with Crippen LogP contribution in [-0.4, -0.2) is 49.1 Å². The number of aromatic amines is 1. The number of anilines is 2. The van der Waals surface area contributed by atoms with Crippen molar-refractivity contribution in [1.29, 1.82) is 0 Å². The van der Waals surface area contributed by atoms with E-state index in [9.17, 15) is 0 Å². The normalized spacial score (nSPS) is 17.1. The van der Waals surface area contributed by atoms with Crippen molar-refractivity contribution in [2.75, 3.05) is 18.4 Å². The van der Waals surface area contributed by atoms with Crippen molar-refractivity contribution < 1.29 is 4.74 Å². The van der Waals surface area contributed by atoms with E-state index >= 15 is 0 Å². The van der Waals surface area contributed by atoms with Gasteiger partial charge < -0.3 is 15.4 Å². The van der Waals surface area contributed by atoms with Gasteiger partial charge in [-0.1, -0.05) is 11.6 Å². The van der Waals surface area contributed by atoms with Gasteiger partial charge in [0, 0.05) is 19.3 Å². The first-order chi connectivity index (χ1) is 12.2. The van der Waals surface area contributed by atoms with E-state index in [1.165, 1.54) is 0 Å². The summed E-state index contributed by atoms with van der Waals surface area (Å²) >= 11 is 6.18. The topological polar surface area (TPSA) is 106 Å². The third kappa shape index (κ3) is 3.84. The molecule has 4 rings (SSSR count). The molecule has 26 heavy (non-hydrogen) atoms. The van der Waals surface area contributed by atoms with Gasteiger partial charge in [0.1, 0.15) is 11.5 Å². The molecule has 11 heteroatoms. The van der Waals surface area contributed by atoms with Crippen LogP contribution >= 0.6 is 24.0 Å². The van der Waals surface area contributed by atoms with Gasteiger partial charge in [-0.2, -0.15) is 20.2 Å². The fourth-order valence-corrected chi connectivity index (χ4v) is 3.03. The van der Waals surface area contributed by atoms with Crippen LogP contribution in [0.15, 0.2) is 12.4 Å². The predicted molar refractivity (Wildman–Crippen MR) is 102 cm³/mol. The van der Waals surface area contributed by atoms with E-state index in [0.717, 1.165) is 38.2 Å². The highest BCUT2D eigenvalue weighted by Gasteiger charge is 2.21. The molecule has 0 aromatic carbocycles. The van der Waals surface area contributed by atoms with Crippen LogP contribution in [-0.2, 0) is 6.54 Å². The largest absolute Gasteiger partial charge is 0.472 e. The minimum absolute atomic E-state index is 0. The van der Waals surface area contributed by atoms with Crippen molar-refractivity contribution >= 4 is 46.7 Å². The van der Waals surface area contributed by atoms with Gasteiger partial charge in [-0.05, 0) is 26.3 Å². The lowest BCUT2D eigenvalue weighted by Gasteiger charge is -2.23. The van der Waals surface area contributed by atoms with Crippen molar-refractivity contribution in [3.05, 3.63) is 17.5 Å². The number of aromatic nitrogens is 6. The first-order valence-corrected chi connectivity index (χ1v) is 8.69. The van der Waals surface area contributed by atoms with Crippen molar-refractivity contribution in [2.24, 2.45) is 0 Å². The molecule has 0 saturated carbocycles. The summed E-state index contributed by atoms with van der Waals surface area (Å²) in [7, 11) is 0. The number of nitrogens with zero attached hydrogens (tertiary/aromatic N) is 5. The first kappa shape index (κ1) is 18.7. The van der Waals surface area contributed by atoms with E-state index in [1.807, 2.05) is 17.8 Å². The summed E-state index contributed by atoms with van der Waals surface area (Å²) in [5.41, 5.74) is 1.33. The fourth-order valence-electron chi connectivity index (χ4n) is 2.81. The Morgan fingerprint density at radius 3 is 3.04 bits per heavy atom. The van der Waals surface area contributed by atoms with Gasteiger partial charge >= 0.3 is 0 Å². The molecule has 1 aliphatic heterocycles. The Balaban J connectivity index is 0.00000196. The second kappa shape index (κ2) is 8.07. The number of rotatable bonds is 5. The highest BCUT2D eigenvalue weighted by molar-refractivity contribution is 6.34. The monoisotopic (exact) mass is 398 g/mol.